The van der Waals surface area contributed by atoms with Crippen LogP contribution in [0.25, 0.3) is 16.6 Å². The molecule has 0 aliphatic carbocycles. The first kappa shape index (κ1) is 21.7. The zero-order chi connectivity index (χ0) is 22.2. The van der Waals surface area contributed by atoms with Crippen LogP contribution in [0.3, 0.4) is 0 Å². The molecule has 0 unspecified atom stereocenters. The summed E-state index contributed by atoms with van der Waals surface area (Å²) in [6.45, 7) is 8.79. The third kappa shape index (κ3) is 4.88. The van der Waals surface area contributed by atoms with Gasteiger partial charge in [-0.3, -0.25) is 3.97 Å². The van der Waals surface area contributed by atoms with Gasteiger partial charge in [0.2, 0.25) is 0 Å². The number of hydrogen-bond acceptors (Lipinski definition) is 5. The lowest BCUT2D eigenvalue weighted by Crippen LogP contribution is -2.39. The molecule has 1 amide bonds. The van der Waals surface area contributed by atoms with Gasteiger partial charge in [-0.2, -0.15) is 0 Å². The van der Waals surface area contributed by atoms with Crippen LogP contribution >= 0.6 is 23.5 Å². The van der Waals surface area contributed by atoms with Crippen molar-refractivity contribution in [2.24, 2.45) is 0 Å². The van der Waals surface area contributed by atoms with Crippen LogP contribution in [0.5, 0.6) is 0 Å². The number of ether oxygens (including phenoxy) is 1. The summed E-state index contributed by atoms with van der Waals surface area (Å²) in [5, 5.41) is 1.25. The van der Waals surface area contributed by atoms with Gasteiger partial charge in [0.1, 0.15) is 17.1 Å². The Morgan fingerprint density at radius 2 is 1.94 bits per heavy atom. The highest BCUT2D eigenvalue weighted by Gasteiger charge is 2.25. The molecule has 0 saturated heterocycles. The number of aromatic nitrogens is 3. The van der Waals surface area contributed by atoms with Gasteiger partial charge in [-0.05, 0) is 69.8 Å². The Hall–Kier alpha value is -2.51. The lowest BCUT2D eigenvalue weighted by molar-refractivity contribution is 0.0270. The van der Waals surface area contributed by atoms with Crippen molar-refractivity contribution in [3.05, 3.63) is 59.1 Å². The number of halogens is 1. The summed E-state index contributed by atoms with van der Waals surface area (Å²) in [6, 6.07) is 10.4. The second kappa shape index (κ2) is 8.55. The Labute approximate surface area is 191 Å². The lowest BCUT2D eigenvalue weighted by Gasteiger charge is -2.29. The van der Waals surface area contributed by atoms with Crippen molar-refractivity contribution < 1.29 is 9.53 Å². The van der Waals surface area contributed by atoms with Gasteiger partial charge in [-0.1, -0.05) is 35.4 Å². The van der Waals surface area contributed by atoms with Crippen LogP contribution in [-0.4, -0.2) is 43.6 Å². The predicted molar refractivity (Wildman–Crippen MR) is 125 cm³/mol. The van der Waals surface area contributed by atoms with Crippen molar-refractivity contribution in [1.82, 2.24) is 18.8 Å². The molecule has 0 fully saturated rings. The molecule has 162 valence electrons. The summed E-state index contributed by atoms with van der Waals surface area (Å²) in [7, 11) is 0. The highest BCUT2D eigenvalue weighted by atomic mass is 35.5. The van der Waals surface area contributed by atoms with E-state index in [1.165, 1.54) is 11.9 Å². The summed E-state index contributed by atoms with van der Waals surface area (Å²) in [4.78, 5) is 23.9. The maximum Gasteiger partial charge on any atom is 0.410 e. The Kier molecular flexibility index (Phi) is 5.99. The standard InChI is InChI=1S/C23H25ClN4O2S/c1-15-5-7-17(8-6-15)31-28-19(13-18-20(24)25-14-26-21(18)28)16-9-11-27(12-10-16)22(29)30-23(2,3)4/h5-9,13-14H,10-12H2,1-4H3. The van der Waals surface area contributed by atoms with Crippen LogP contribution in [0.1, 0.15) is 38.4 Å². The topological polar surface area (TPSA) is 60.2 Å². The summed E-state index contributed by atoms with van der Waals surface area (Å²) in [6.07, 6.45) is 4.00. The van der Waals surface area contributed by atoms with E-state index in [-0.39, 0.29) is 6.09 Å². The van der Waals surface area contributed by atoms with Gasteiger partial charge in [-0.15, -0.1) is 0 Å². The van der Waals surface area contributed by atoms with E-state index < -0.39 is 5.60 Å². The normalized spacial score (nSPS) is 14.6. The van der Waals surface area contributed by atoms with Crippen LogP contribution in [0, 0.1) is 6.92 Å². The minimum absolute atomic E-state index is 0.286. The molecule has 0 radical (unpaired) electrons. The van der Waals surface area contributed by atoms with Crippen molar-refractivity contribution in [3.8, 4) is 0 Å². The van der Waals surface area contributed by atoms with Crippen molar-refractivity contribution in [1.29, 1.82) is 0 Å². The third-order valence-corrected chi connectivity index (χ3v) is 6.25. The van der Waals surface area contributed by atoms with E-state index in [0.717, 1.165) is 33.6 Å². The van der Waals surface area contributed by atoms with Crippen molar-refractivity contribution in [2.45, 2.75) is 44.6 Å². The Morgan fingerprint density at radius 3 is 2.58 bits per heavy atom. The molecule has 3 heterocycles. The summed E-state index contributed by atoms with van der Waals surface area (Å²) in [5.41, 5.74) is 3.65. The van der Waals surface area contributed by atoms with E-state index >= 15 is 0 Å². The van der Waals surface area contributed by atoms with E-state index in [9.17, 15) is 4.79 Å². The van der Waals surface area contributed by atoms with Gasteiger partial charge in [0.25, 0.3) is 0 Å². The number of carbonyl (C=O) groups excluding carboxylic acids is 1. The molecule has 0 bridgehead atoms. The first-order valence-corrected chi connectivity index (χ1v) is 11.3. The highest BCUT2D eigenvalue weighted by molar-refractivity contribution is 7.98. The number of hydrogen-bond donors (Lipinski definition) is 0. The summed E-state index contributed by atoms with van der Waals surface area (Å²) >= 11 is 7.97. The zero-order valence-electron chi connectivity index (χ0n) is 18.1. The van der Waals surface area contributed by atoms with Crippen molar-refractivity contribution in [2.75, 3.05) is 13.1 Å². The molecule has 0 spiro atoms. The van der Waals surface area contributed by atoms with Gasteiger partial charge >= 0.3 is 6.09 Å². The largest absolute Gasteiger partial charge is 0.444 e. The van der Waals surface area contributed by atoms with E-state index in [2.05, 4.69) is 51.2 Å². The quantitative estimate of drug-likeness (QED) is 0.454. The van der Waals surface area contributed by atoms with Crippen LogP contribution in [0.15, 0.2) is 47.6 Å². The van der Waals surface area contributed by atoms with Crippen molar-refractivity contribution >= 4 is 46.2 Å². The van der Waals surface area contributed by atoms with Gasteiger partial charge in [0.05, 0.1) is 11.1 Å². The Morgan fingerprint density at radius 1 is 1.19 bits per heavy atom. The monoisotopic (exact) mass is 456 g/mol. The smallest absolute Gasteiger partial charge is 0.410 e. The number of carbonyl (C=O) groups is 1. The van der Waals surface area contributed by atoms with Gasteiger partial charge < -0.3 is 9.64 Å². The Balaban J connectivity index is 1.66. The van der Waals surface area contributed by atoms with Crippen LogP contribution in [0.4, 0.5) is 4.79 Å². The molecule has 8 heteroatoms. The number of benzene rings is 1. The molecule has 1 aliphatic heterocycles. The molecule has 6 nitrogen and oxygen atoms in total. The molecule has 0 atom stereocenters. The molecule has 3 aromatic rings. The number of fused-ring (bicyclic) bond motifs is 1. The SMILES string of the molecule is Cc1ccc(Sn2c(C3=CCN(C(=O)OC(C)(C)C)CC3)cc3c(Cl)ncnc32)cc1. The maximum atomic E-state index is 12.4. The Bertz CT molecular complexity index is 1150. The van der Waals surface area contributed by atoms with Gasteiger partial charge in [0.15, 0.2) is 5.65 Å². The van der Waals surface area contributed by atoms with Crippen LogP contribution in [0.2, 0.25) is 5.15 Å². The summed E-state index contributed by atoms with van der Waals surface area (Å²) in [5.74, 6) is 0. The average Bonchev–Trinajstić information content (AvgIpc) is 3.08. The van der Waals surface area contributed by atoms with E-state index in [1.54, 1.807) is 16.8 Å². The van der Waals surface area contributed by atoms with E-state index in [1.807, 2.05) is 26.8 Å². The number of rotatable bonds is 3. The minimum atomic E-state index is -0.506. The molecule has 31 heavy (non-hydrogen) atoms. The van der Waals surface area contributed by atoms with E-state index in [4.69, 9.17) is 16.3 Å². The fraction of sp³-hybridized carbons (Fsp3) is 0.348. The molecule has 1 aliphatic rings. The zero-order valence-corrected chi connectivity index (χ0v) is 19.6. The first-order chi connectivity index (χ1) is 14.7. The van der Waals surface area contributed by atoms with Gasteiger partial charge in [-0.25, -0.2) is 14.8 Å². The highest BCUT2D eigenvalue weighted by Crippen LogP contribution is 2.36. The molecule has 2 aromatic heterocycles. The molecule has 4 rings (SSSR count). The average molecular weight is 457 g/mol. The first-order valence-electron chi connectivity index (χ1n) is 10.2. The number of nitrogens with zero attached hydrogens (tertiary/aromatic N) is 4. The molecular formula is C23H25ClN4O2S. The summed E-state index contributed by atoms with van der Waals surface area (Å²) < 4.78 is 7.61. The fourth-order valence-electron chi connectivity index (χ4n) is 3.38. The van der Waals surface area contributed by atoms with E-state index in [0.29, 0.717) is 18.2 Å². The maximum absolute atomic E-state index is 12.4. The van der Waals surface area contributed by atoms with Crippen LogP contribution < -0.4 is 0 Å². The fourth-order valence-corrected chi connectivity index (χ4v) is 4.53. The van der Waals surface area contributed by atoms with Crippen LogP contribution in [-0.2, 0) is 4.74 Å². The predicted octanol–water partition coefficient (Wildman–Crippen LogP) is 5.97. The molecule has 0 N–H and O–H groups in total. The minimum Gasteiger partial charge on any atom is -0.444 e. The third-order valence-electron chi connectivity index (χ3n) is 4.91. The number of amides is 1. The molecule has 0 saturated carbocycles. The second-order valence-electron chi connectivity index (χ2n) is 8.54. The molecule has 1 aromatic carbocycles. The van der Waals surface area contributed by atoms with Gasteiger partial charge in [0, 0.05) is 18.0 Å². The molecular weight excluding hydrogens is 432 g/mol. The second-order valence-corrected chi connectivity index (χ2v) is 9.91. The number of aryl methyl sites for hydroxylation is 1. The lowest BCUT2D eigenvalue weighted by atomic mass is 10.1. The van der Waals surface area contributed by atoms with Crippen molar-refractivity contribution in [3.63, 3.8) is 0 Å².